The van der Waals surface area contributed by atoms with Crippen molar-refractivity contribution in [1.82, 2.24) is 0 Å². The predicted molar refractivity (Wildman–Crippen MR) is 119 cm³/mol. The van der Waals surface area contributed by atoms with Gasteiger partial charge in [0.05, 0.1) is 5.56 Å². The molecular formula is C28H19F5. The Balaban J connectivity index is 1.54. The summed E-state index contributed by atoms with van der Waals surface area (Å²) >= 11 is 0. The fourth-order valence-corrected chi connectivity index (χ4v) is 3.69. The van der Waals surface area contributed by atoms with Crippen molar-refractivity contribution in [3.05, 3.63) is 118 Å². The van der Waals surface area contributed by atoms with E-state index in [1.165, 1.54) is 24.3 Å². The number of hydrogen-bond donors (Lipinski definition) is 0. The van der Waals surface area contributed by atoms with Crippen molar-refractivity contribution in [3.63, 3.8) is 0 Å². The van der Waals surface area contributed by atoms with E-state index in [0.29, 0.717) is 22.9 Å². The largest absolute Gasteiger partial charge is 0.207 e. The number of rotatable bonds is 4. The molecule has 0 heterocycles. The van der Waals surface area contributed by atoms with E-state index < -0.39 is 23.3 Å². The van der Waals surface area contributed by atoms with Crippen molar-refractivity contribution in [2.75, 3.05) is 0 Å². The summed E-state index contributed by atoms with van der Waals surface area (Å²) in [6.07, 6.45) is 0.552. The molecule has 0 saturated heterocycles. The third kappa shape index (κ3) is 5.06. The average Bonchev–Trinajstić information content (AvgIpc) is 2.77. The molecule has 0 nitrogen and oxygen atoms in total. The minimum absolute atomic E-state index is 0.0246. The highest BCUT2D eigenvalue weighted by Gasteiger charge is 2.13. The van der Waals surface area contributed by atoms with Crippen LogP contribution in [0, 0.1) is 40.9 Å². The monoisotopic (exact) mass is 450 g/mol. The third-order valence-corrected chi connectivity index (χ3v) is 5.51. The Morgan fingerprint density at radius 1 is 0.606 bits per heavy atom. The molecule has 0 aromatic heterocycles. The lowest BCUT2D eigenvalue weighted by atomic mass is 10.00. The highest BCUT2D eigenvalue weighted by atomic mass is 19.1. The second-order valence-corrected chi connectivity index (χ2v) is 7.78. The van der Waals surface area contributed by atoms with Crippen molar-refractivity contribution >= 4 is 10.8 Å². The molecule has 0 spiro atoms. The van der Waals surface area contributed by atoms with Gasteiger partial charge in [-0.25, -0.2) is 22.0 Å². The van der Waals surface area contributed by atoms with Crippen LogP contribution in [0.5, 0.6) is 0 Å². The van der Waals surface area contributed by atoms with Gasteiger partial charge in [-0.2, -0.15) is 0 Å². The standard InChI is InChI=1S/C28H19F5/c1-2-17-12-25(30)24(26(31)13-17)10-5-19-14-27(32)23(28(33)15-19)9-4-18-3-6-21-16-22(29)8-7-20(21)11-18/h3,6-8,11-16H,2,5,10H2,1H3. The summed E-state index contributed by atoms with van der Waals surface area (Å²) in [4.78, 5) is 0. The molecule has 0 radical (unpaired) electrons. The SMILES string of the molecule is CCc1cc(F)c(CCc2cc(F)c(C#Cc3ccc4cc(F)ccc4c3)c(F)c2)c(F)c1. The molecule has 166 valence electrons. The van der Waals surface area contributed by atoms with Gasteiger partial charge in [0.25, 0.3) is 0 Å². The number of halogens is 5. The van der Waals surface area contributed by atoms with Crippen LogP contribution in [-0.2, 0) is 19.3 Å². The highest BCUT2D eigenvalue weighted by Crippen LogP contribution is 2.21. The van der Waals surface area contributed by atoms with Crippen molar-refractivity contribution in [1.29, 1.82) is 0 Å². The predicted octanol–water partition coefficient (Wildman–Crippen LogP) is 7.28. The molecule has 0 atom stereocenters. The summed E-state index contributed by atoms with van der Waals surface area (Å²) in [5, 5.41) is 1.45. The van der Waals surface area contributed by atoms with E-state index in [1.807, 2.05) is 0 Å². The van der Waals surface area contributed by atoms with Crippen molar-refractivity contribution in [2.45, 2.75) is 26.2 Å². The molecule has 0 aliphatic rings. The van der Waals surface area contributed by atoms with Crippen LogP contribution in [0.25, 0.3) is 10.8 Å². The molecule has 0 aliphatic carbocycles. The Bertz CT molecular complexity index is 1360. The molecule has 0 N–H and O–H groups in total. The first-order valence-electron chi connectivity index (χ1n) is 10.5. The molecule has 0 aliphatic heterocycles. The van der Waals surface area contributed by atoms with Gasteiger partial charge < -0.3 is 0 Å². The minimum Gasteiger partial charge on any atom is -0.207 e. The van der Waals surface area contributed by atoms with E-state index in [4.69, 9.17) is 0 Å². The molecular weight excluding hydrogens is 431 g/mol. The van der Waals surface area contributed by atoms with Gasteiger partial charge in [-0.05, 0) is 89.7 Å². The maximum Gasteiger partial charge on any atom is 0.142 e. The van der Waals surface area contributed by atoms with E-state index in [0.717, 1.165) is 17.5 Å². The first-order valence-corrected chi connectivity index (χ1v) is 10.5. The van der Waals surface area contributed by atoms with Gasteiger partial charge in [0, 0.05) is 11.1 Å². The van der Waals surface area contributed by atoms with Crippen LogP contribution in [0.15, 0.2) is 60.7 Å². The molecule has 0 bridgehead atoms. The van der Waals surface area contributed by atoms with Crippen molar-refractivity contribution in [2.24, 2.45) is 0 Å². The molecule has 4 rings (SSSR count). The summed E-state index contributed by atoms with van der Waals surface area (Å²) in [5.41, 5.74) is 0.864. The summed E-state index contributed by atoms with van der Waals surface area (Å²) in [6.45, 7) is 1.80. The topological polar surface area (TPSA) is 0 Å². The molecule has 0 fully saturated rings. The van der Waals surface area contributed by atoms with Crippen LogP contribution >= 0.6 is 0 Å². The van der Waals surface area contributed by atoms with Gasteiger partial charge in [0.2, 0.25) is 0 Å². The van der Waals surface area contributed by atoms with Crippen molar-refractivity contribution < 1.29 is 22.0 Å². The van der Waals surface area contributed by atoms with Crippen LogP contribution in [0.3, 0.4) is 0 Å². The second kappa shape index (κ2) is 9.46. The maximum atomic E-state index is 14.6. The normalized spacial score (nSPS) is 10.8. The number of hydrogen-bond acceptors (Lipinski definition) is 0. The van der Waals surface area contributed by atoms with Gasteiger partial charge in [-0.15, -0.1) is 0 Å². The Hall–Kier alpha value is -3.65. The highest BCUT2D eigenvalue weighted by molar-refractivity contribution is 5.84. The van der Waals surface area contributed by atoms with E-state index in [-0.39, 0.29) is 35.3 Å². The molecule has 4 aromatic rings. The Morgan fingerprint density at radius 3 is 1.88 bits per heavy atom. The molecule has 5 heteroatoms. The van der Waals surface area contributed by atoms with E-state index >= 15 is 0 Å². The van der Waals surface area contributed by atoms with Crippen LogP contribution in [0.2, 0.25) is 0 Å². The maximum absolute atomic E-state index is 14.6. The summed E-state index contributed by atoms with van der Waals surface area (Å²) in [6, 6.07) is 14.2. The van der Waals surface area contributed by atoms with E-state index in [1.54, 1.807) is 31.2 Å². The van der Waals surface area contributed by atoms with Crippen LogP contribution in [0.4, 0.5) is 22.0 Å². The Morgan fingerprint density at radius 2 is 1.21 bits per heavy atom. The Labute approximate surface area is 188 Å². The quantitative estimate of drug-likeness (QED) is 0.226. The third-order valence-electron chi connectivity index (χ3n) is 5.51. The fourth-order valence-electron chi connectivity index (χ4n) is 3.69. The molecule has 0 unspecified atom stereocenters. The number of fused-ring (bicyclic) bond motifs is 1. The second-order valence-electron chi connectivity index (χ2n) is 7.78. The number of aryl methyl sites for hydroxylation is 2. The summed E-state index contributed by atoms with van der Waals surface area (Å²) in [5.74, 6) is 1.88. The lowest BCUT2D eigenvalue weighted by Crippen LogP contribution is -2.02. The average molecular weight is 450 g/mol. The lowest BCUT2D eigenvalue weighted by molar-refractivity contribution is 0.550. The van der Waals surface area contributed by atoms with E-state index in [2.05, 4.69) is 11.8 Å². The number of benzene rings is 4. The smallest absolute Gasteiger partial charge is 0.142 e. The summed E-state index contributed by atoms with van der Waals surface area (Å²) < 4.78 is 70.8. The van der Waals surface area contributed by atoms with Crippen LogP contribution in [-0.4, -0.2) is 0 Å². The molecule has 0 saturated carbocycles. The zero-order chi connectivity index (χ0) is 23.5. The van der Waals surface area contributed by atoms with Gasteiger partial charge in [0.1, 0.15) is 29.1 Å². The fraction of sp³-hybridized carbons (Fsp3) is 0.143. The van der Waals surface area contributed by atoms with Gasteiger partial charge in [0.15, 0.2) is 0 Å². The minimum atomic E-state index is -0.845. The lowest BCUT2D eigenvalue weighted by Gasteiger charge is -2.08. The Kier molecular flexibility index (Phi) is 6.46. The van der Waals surface area contributed by atoms with Gasteiger partial charge in [-0.3, -0.25) is 0 Å². The summed E-state index contributed by atoms with van der Waals surface area (Å²) in [7, 11) is 0. The first-order chi connectivity index (χ1) is 15.8. The van der Waals surface area contributed by atoms with Crippen molar-refractivity contribution in [3.8, 4) is 11.8 Å². The first kappa shape index (κ1) is 22.5. The molecule has 0 amide bonds. The van der Waals surface area contributed by atoms with Crippen LogP contribution < -0.4 is 0 Å². The molecule has 4 aromatic carbocycles. The zero-order valence-electron chi connectivity index (χ0n) is 17.8. The zero-order valence-corrected chi connectivity index (χ0v) is 17.8. The molecule has 33 heavy (non-hydrogen) atoms. The van der Waals surface area contributed by atoms with Crippen LogP contribution in [0.1, 0.15) is 34.7 Å². The van der Waals surface area contributed by atoms with Gasteiger partial charge in [-0.1, -0.05) is 30.9 Å². The van der Waals surface area contributed by atoms with E-state index in [9.17, 15) is 22.0 Å². The van der Waals surface area contributed by atoms with Gasteiger partial charge >= 0.3 is 0 Å².